The number of phosphoric acid groups is 1. The van der Waals surface area contributed by atoms with Crippen molar-refractivity contribution < 1.29 is 83.8 Å². The van der Waals surface area contributed by atoms with E-state index in [1.54, 1.807) is 4.57 Å². The van der Waals surface area contributed by atoms with E-state index in [9.17, 15) is 53.2 Å². The number of phosphoric ester groups is 1. The van der Waals surface area contributed by atoms with Gasteiger partial charge in [0, 0.05) is 109 Å². The van der Waals surface area contributed by atoms with E-state index in [4.69, 9.17) is 63.1 Å². The average molecular weight is 1360 g/mol. The topological polar surface area (TPSA) is 447 Å². The minimum Gasteiger partial charge on any atom is -0.756 e. The number of benzene rings is 1. The monoisotopic (exact) mass is 1350 g/mol. The van der Waals surface area contributed by atoms with Gasteiger partial charge in [-0.1, -0.05) is 40.7 Å². The molecule has 0 aliphatic carbocycles. The predicted octanol–water partition coefficient (Wildman–Crippen LogP) is 3.02. The number of fused-ring (bicyclic) bond motifs is 7. The number of rotatable bonds is 29. The van der Waals surface area contributed by atoms with Crippen LogP contribution in [0.2, 0.25) is 0 Å². The van der Waals surface area contributed by atoms with E-state index in [1.165, 1.54) is 13.3 Å². The number of carbonyl (C=O) groups excluding carboxylic acids is 7. The Bertz CT molecular complexity index is 3490. The number of aliphatic hydroxyl groups excluding tert-OH is 2. The normalized spacial score (nSPS) is 33.0. The molecule has 7 heterocycles. The summed E-state index contributed by atoms with van der Waals surface area (Å²) in [5, 5.41) is 45.2. The van der Waals surface area contributed by atoms with Crippen molar-refractivity contribution in [2.45, 2.75) is 170 Å². The van der Waals surface area contributed by atoms with E-state index in [2.05, 4.69) is 26.3 Å². The third kappa shape index (κ3) is 14.6. The summed E-state index contributed by atoms with van der Waals surface area (Å²) in [6.45, 7) is 24.7. The molecule has 8 bridgehead atoms. The second-order valence-electron chi connectivity index (χ2n) is 26.6. The zero-order chi connectivity index (χ0) is 68.2. The van der Waals surface area contributed by atoms with E-state index >= 15 is 0 Å². The molecule has 6 aliphatic rings. The molecule has 12 N–H and O–H groups in total. The van der Waals surface area contributed by atoms with Crippen LogP contribution in [-0.4, -0.2) is 149 Å². The van der Waals surface area contributed by atoms with Crippen LogP contribution in [0.1, 0.15) is 131 Å². The molecule has 8 rings (SSSR count). The maximum atomic E-state index is 14.4. The Kier molecular flexibility index (Phi) is 24.0. The van der Waals surface area contributed by atoms with Gasteiger partial charge in [0.1, 0.15) is 18.3 Å². The van der Waals surface area contributed by atoms with Crippen LogP contribution >= 0.6 is 7.82 Å². The summed E-state index contributed by atoms with van der Waals surface area (Å²) < 4.78 is 32.0. The van der Waals surface area contributed by atoms with Crippen molar-refractivity contribution in [2.75, 3.05) is 32.8 Å². The molecule has 7 amide bonds. The number of nitrogens with one attached hydrogen (secondary N) is 4. The third-order valence-electron chi connectivity index (χ3n) is 20.5. The Labute approximate surface area is 552 Å². The van der Waals surface area contributed by atoms with Crippen LogP contribution in [0.4, 0.5) is 0 Å². The van der Waals surface area contributed by atoms with Crippen molar-refractivity contribution in [3.05, 3.63) is 75.8 Å². The summed E-state index contributed by atoms with van der Waals surface area (Å²) in [4.78, 5) is 125. The zero-order valence-electron chi connectivity index (χ0n) is 54.4. The number of imidazole rings is 1. The van der Waals surface area contributed by atoms with Crippen molar-refractivity contribution >= 4 is 78.9 Å². The van der Waals surface area contributed by atoms with Gasteiger partial charge in [0.25, 0.3) is 7.82 Å². The van der Waals surface area contributed by atoms with E-state index in [0.29, 0.717) is 82.1 Å². The van der Waals surface area contributed by atoms with E-state index < -0.39 is 126 Å². The number of primary amides is 3. The predicted molar refractivity (Wildman–Crippen MR) is 337 cm³/mol. The van der Waals surface area contributed by atoms with Crippen LogP contribution in [0.3, 0.4) is 0 Å². The number of amides is 7. The Morgan fingerprint density at radius 2 is 1.51 bits per heavy atom. The molecule has 0 radical (unpaired) electrons. The van der Waals surface area contributed by atoms with Crippen molar-refractivity contribution in [1.82, 2.24) is 30.8 Å². The second kappa shape index (κ2) is 29.7. The Morgan fingerprint density at radius 1 is 0.871 bits per heavy atom. The van der Waals surface area contributed by atoms with Gasteiger partial charge in [0.2, 0.25) is 42.9 Å². The summed E-state index contributed by atoms with van der Waals surface area (Å²) in [6.07, 6.45) is -1.45. The Balaban J connectivity index is 0.00000453. The molecule has 1 unspecified atom stereocenters. The van der Waals surface area contributed by atoms with Crippen LogP contribution in [0.25, 0.3) is 16.4 Å². The molecule has 6 aliphatic heterocycles. The van der Waals surface area contributed by atoms with Crippen LogP contribution in [0, 0.1) is 71.0 Å². The van der Waals surface area contributed by atoms with Crippen molar-refractivity contribution in [3.63, 3.8) is 0 Å². The molecule has 93 heavy (non-hydrogen) atoms. The fourth-order valence-corrected chi connectivity index (χ4v) is 16.3. The Hall–Kier alpha value is -7.00. The van der Waals surface area contributed by atoms with Gasteiger partial charge in [-0.2, -0.15) is 5.70 Å². The van der Waals surface area contributed by atoms with Crippen LogP contribution in [-0.2, 0) is 68.7 Å². The van der Waals surface area contributed by atoms with Gasteiger partial charge in [-0.25, -0.2) is 4.98 Å². The first-order chi connectivity index (χ1) is 43.3. The summed E-state index contributed by atoms with van der Waals surface area (Å²) in [5.41, 5.74) is 19.9. The number of aliphatic imine (C=N–C) groups is 3. The van der Waals surface area contributed by atoms with Gasteiger partial charge in [0.15, 0.2) is 6.23 Å². The van der Waals surface area contributed by atoms with Crippen LogP contribution in [0.5, 0.6) is 0 Å². The number of nitrogens with two attached hydrogens (primary N) is 3. The smallest absolute Gasteiger partial charge is 0.756 e. The molecule has 1 aromatic heterocycles. The number of aromatic nitrogens is 2. The van der Waals surface area contributed by atoms with Crippen LogP contribution < -0.4 is 43.4 Å². The molecular weight excluding hydrogens is 1270 g/mol. The summed E-state index contributed by atoms with van der Waals surface area (Å²) in [7, 11) is -5.30. The molecule has 0 saturated carbocycles. The number of aliphatic hydroxyl groups is 2. The van der Waals surface area contributed by atoms with Gasteiger partial charge >= 0.3 is 16.8 Å². The number of hydrogen-bond acceptors (Lipinski definition) is 19. The van der Waals surface area contributed by atoms with Gasteiger partial charge < -0.3 is 89.1 Å². The molecule has 2 fully saturated rings. The minimum absolute atomic E-state index is 0. The van der Waals surface area contributed by atoms with E-state index in [0.717, 1.165) is 11.1 Å². The number of ether oxygens (including phenoxy) is 1. The van der Waals surface area contributed by atoms with Gasteiger partial charge in [-0.15, -0.1) is 0 Å². The largest absolute Gasteiger partial charge is 3.00 e. The second-order valence-corrected chi connectivity index (χ2v) is 27.9. The van der Waals surface area contributed by atoms with Crippen LogP contribution in [0.15, 0.2) is 67.8 Å². The number of hydrogen-bond donors (Lipinski definition) is 9. The number of carbonyl (C=O) groups is 7. The van der Waals surface area contributed by atoms with Crippen molar-refractivity contribution in [1.29, 1.82) is 5.26 Å². The van der Waals surface area contributed by atoms with Gasteiger partial charge in [-0.3, -0.25) is 53.1 Å². The quantitative estimate of drug-likeness (QED) is 0.0245. The van der Waals surface area contributed by atoms with Gasteiger partial charge in [0.05, 0.1) is 41.3 Å². The SMILES string of the molecule is C/C1=C2/[N-][C@H]([C@H](CNC=O)[C@@]2(C)CCC(=O)NC[C@@H](C)OP(=O)([O-])O[C@H]2[C@@H](O)[C@@H](n3cnc4cc(C)c(C)cc43)O[C@@H]2CO)[C@]2(C)N=C(/C(C)=C3N=C(/C=C4N=C1[C@@H](CCC(N)=O)C\4(C)C)[C@@H](CCC(N)=O)[C@]\3(C)CC(N)=O)[C@@H](CCNC=O)[C@]2(C)CNC=O.[C-]#N.[Co+3]. The average Bonchev–Trinajstić information content (AvgIpc) is 1.54. The molecule has 0 spiro atoms. The van der Waals surface area contributed by atoms with Gasteiger partial charge in [-0.05, 0) is 119 Å². The summed E-state index contributed by atoms with van der Waals surface area (Å²) in [5.74, 6) is -4.59. The fraction of sp³-hybridized carbons (Fsp3) is 0.619. The number of nitrogens with zero attached hydrogens (tertiary/aromatic N) is 7. The fourth-order valence-electron chi connectivity index (χ4n) is 15.2. The molecule has 1 aromatic carbocycles. The van der Waals surface area contributed by atoms with E-state index in [-0.39, 0.29) is 87.9 Å². The maximum Gasteiger partial charge on any atom is 3.00 e. The summed E-state index contributed by atoms with van der Waals surface area (Å²) >= 11 is 0. The maximum absolute atomic E-state index is 14.4. The first-order valence-corrected chi connectivity index (χ1v) is 32.3. The molecular formula is C63H88CoN14O14P. The minimum atomic E-state index is -5.30. The van der Waals surface area contributed by atoms with Crippen molar-refractivity contribution in [2.24, 2.45) is 77.5 Å². The molecule has 508 valence electrons. The molecule has 2 saturated heterocycles. The molecule has 28 nitrogen and oxygen atoms in total. The number of allylic oxidation sites excluding steroid dienone is 6. The standard InChI is InChI=1S/C62H90N13O14P.CN.Co/c1-32-20-42-43(21-33(32)2)75(28-70-42)57-52(84)53(44(26-76)87-57)89-90(85,86)88-34(3)24-69-49(83)16-18-59(8)40(25-67-30-78)56-62(11)61(10,27-68-31-79)39(17-19-66-29-77)51(74-62)36(5)55-60(9,23-48(65)82)37(12-14-46(63)80)41(71-55)22-45-58(6,7)38(13-15-47(64)81)50(72-45)35(4)54(59)73-56;1-2;/h20-22,28-31,34,37-40,44,52-53,56-57,76,84H,12-19,23-27H2,1-11H3,(H12,63,64,65,66,67,68,69,71,72,73,74,77,78,79,80,81,82,83,85,86);;/q;-1;+3/p-2/t34-,37-,38-,39-,40+,44-,52-,53-,56-,57+,59-,60+,61+,62+;;/m1../s1. The zero-order valence-corrected chi connectivity index (χ0v) is 56.4. The molecule has 15 atom stereocenters. The van der Waals surface area contributed by atoms with Crippen molar-refractivity contribution in [3.8, 4) is 0 Å². The molecule has 2 aromatic rings. The Morgan fingerprint density at radius 3 is 2.12 bits per heavy atom. The molecule has 30 heteroatoms. The first kappa shape index (κ1) is 75.0. The summed E-state index contributed by atoms with van der Waals surface area (Å²) in [6, 6.07) is 2.87. The van der Waals surface area contributed by atoms with E-state index in [1.807, 2.05) is 87.4 Å². The number of aryl methyl sites for hydroxylation is 2. The third-order valence-corrected chi connectivity index (χ3v) is 21.6. The first-order valence-electron chi connectivity index (χ1n) is 30.8.